The van der Waals surface area contributed by atoms with Gasteiger partial charge in [-0.25, -0.2) is 0 Å². The summed E-state index contributed by atoms with van der Waals surface area (Å²) < 4.78 is 0. The molecule has 0 saturated carbocycles. The largest absolute Gasteiger partial charge is 0.314 e. The molecule has 0 aliphatic carbocycles. The van der Waals surface area contributed by atoms with E-state index in [9.17, 15) is 0 Å². The maximum absolute atomic E-state index is 3.72. The minimum atomic E-state index is 0.469. The highest BCUT2D eigenvalue weighted by Crippen LogP contribution is 2.27. The quantitative estimate of drug-likeness (QED) is 0.598. The summed E-state index contributed by atoms with van der Waals surface area (Å²) in [5.74, 6) is 0.882. The highest BCUT2D eigenvalue weighted by Gasteiger charge is 2.21. The van der Waals surface area contributed by atoms with Gasteiger partial charge >= 0.3 is 0 Å². The Morgan fingerprint density at radius 1 is 0.882 bits per heavy atom. The van der Waals surface area contributed by atoms with E-state index >= 15 is 0 Å². The fraction of sp³-hybridized carbons (Fsp3) is 1.00. The third kappa shape index (κ3) is 8.65. The van der Waals surface area contributed by atoms with Crippen LogP contribution in [0.25, 0.3) is 0 Å². The van der Waals surface area contributed by atoms with Gasteiger partial charge in [-0.3, -0.25) is 0 Å². The smallest absolute Gasteiger partial charge is 0.00954 e. The van der Waals surface area contributed by atoms with Gasteiger partial charge in [0.25, 0.3) is 0 Å². The van der Waals surface area contributed by atoms with Crippen LogP contribution in [-0.4, -0.2) is 12.6 Å². The molecule has 104 valence electrons. The van der Waals surface area contributed by atoms with Gasteiger partial charge in [-0.1, -0.05) is 54.4 Å². The normalized spacial score (nSPS) is 14.3. The predicted molar refractivity (Wildman–Crippen MR) is 79.5 cm³/mol. The zero-order chi connectivity index (χ0) is 13.3. The van der Waals surface area contributed by atoms with Gasteiger partial charge < -0.3 is 5.32 Å². The molecule has 0 aliphatic heterocycles. The monoisotopic (exact) mass is 241 g/mol. The van der Waals surface area contributed by atoms with Crippen LogP contribution >= 0.6 is 0 Å². The van der Waals surface area contributed by atoms with Crippen molar-refractivity contribution in [3.05, 3.63) is 0 Å². The number of rotatable bonds is 9. The van der Waals surface area contributed by atoms with Gasteiger partial charge in [-0.05, 0) is 43.6 Å². The first kappa shape index (κ1) is 17.0. The van der Waals surface area contributed by atoms with Crippen LogP contribution in [0.5, 0.6) is 0 Å². The summed E-state index contributed by atoms with van der Waals surface area (Å²) in [4.78, 5) is 0. The molecular formula is C16H35N. The van der Waals surface area contributed by atoms with Crippen LogP contribution in [0.3, 0.4) is 0 Å². The summed E-state index contributed by atoms with van der Waals surface area (Å²) in [5.41, 5.74) is 0.469. The molecule has 0 fully saturated rings. The van der Waals surface area contributed by atoms with Gasteiger partial charge in [-0.15, -0.1) is 0 Å². The van der Waals surface area contributed by atoms with Crippen molar-refractivity contribution in [2.24, 2.45) is 11.3 Å². The Balaban J connectivity index is 4.33. The summed E-state index contributed by atoms with van der Waals surface area (Å²) in [6.45, 7) is 15.0. The Kier molecular flexibility index (Phi) is 8.94. The molecule has 0 heterocycles. The molecule has 17 heavy (non-hydrogen) atoms. The first-order chi connectivity index (χ1) is 7.94. The Morgan fingerprint density at radius 2 is 1.41 bits per heavy atom. The van der Waals surface area contributed by atoms with Crippen molar-refractivity contribution >= 4 is 0 Å². The molecule has 1 atom stereocenters. The van der Waals surface area contributed by atoms with Crippen molar-refractivity contribution in [1.82, 2.24) is 5.32 Å². The lowest BCUT2D eigenvalue weighted by Crippen LogP contribution is -2.37. The van der Waals surface area contributed by atoms with Crippen LogP contribution in [0.1, 0.15) is 80.1 Å². The molecule has 0 saturated heterocycles. The van der Waals surface area contributed by atoms with Crippen LogP contribution in [0, 0.1) is 11.3 Å². The fourth-order valence-corrected chi connectivity index (χ4v) is 2.64. The molecule has 1 nitrogen and oxygen atoms in total. The molecular weight excluding hydrogens is 206 g/mol. The van der Waals surface area contributed by atoms with Crippen molar-refractivity contribution in [3.8, 4) is 0 Å². The molecule has 1 unspecified atom stereocenters. The Morgan fingerprint density at radius 3 is 1.76 bits per heavy atom. The van der Waals surface area contributed by atoms with Crippen molar-refractivity contribution in [1.29, 1.82) is 0 Å². The van der Waals surface area contributed by atoms with E-state index in [1.54, 1.807) is 0 Å². The first-order valence-electron chi connectivity index (χ1n) is 7.68. The minimum Gasteiger partial charge on any atom is -0.314 e. The fourth-order valence-electron chi connectivity index (χ4n) is 2.64. The first-order valence-corrected chi connectivity index (χ1v) is 7.68. The third-order valence-electron chi connectivity index (χ3n) is 3.56. The van der Waals surface area contributed by atoms with E-state index < -0.39 is 0 Å². The van der Waals surface area contributed by atoms with E-state index in [2.05, 4.69) is 46.9 Å². The van der Waals surface area contributed by atoms with Crippen molar-refractivity contribution in [2.75, 3.05) is 6.54 Å². The van der Waals surface area contributed by atoms with Crippen LogP contribution in [0.4, 0.5) is 0 Å². The molecule has 0 aromatic carbocycles. The summed E-state index contributed by atoms with van der Waals surface area (Å²) >= 11 is 0. The zero-order valence-electron chi connectivity index (χ0n) is 13.1. The van der Waals surface area contributed by atoms with E-state index in [1.807, 2.05) is 0 Å². The molecule has 0 aromatic heterocycles. The van der Waals surface area contributed by atoms with Gasteiger partial charge in [-0.2, -0.15) is 0 Å². The highest BCUT2D eigenvalue weighted by atomic mass is 14.9. The van der Waals surface area contributed by atoms with E-state index in [-0.39, 0.29) is 0 Å². The molecule has 0 radical (unpaired) electrons. The molecule has 0 bridgehead atoms. The van der Waals surface area contributed by atoms with Crippen LogP contribution in [0.2, 0.25) is 0 Å². The lowest BCUT2D eigenvalue weighted by Gasteiger charge is -2.30. The summed E-state index contributed by atoms with van der Waals surface area (Å²) in [7, 11) is 0. The average Bonchev–Trinajstić information content (AvgIpc) is 2.23. The van der Waals surface area contributed by atoms with Crippen LogP contribution < -0.4 is 5.32 Å². The minimum absolute atomic E-state index is 0.469. The lowest BCUT2D eigenvalue weighted by molar-refractivity contribution is 0.258. The second-order valence-electron chi connectivity index (χ2n) is 6.60. The van der Waals surface area contributed by atoms with Crippen LogP contribution in [-0.2, 0) is 0 Å². The van der Waals surface area contributed by atoms with Gasteiger partial charge in [0.05, 0.1) is 0 Å². The maximum atomic E-state index is 3.72. The molecule has 0 rings (SSSR count). The SMILES string of the molecule is CCCC(CCC)C(CCC(C)(C)C)NCC. The van der Waals surface area contributed by atoms with Gasteiger partial charge in [0, 0.05) is 6.04 Å². The van der Waals surface area contributed by atoms with E-state index in [0.717, 1.165) is 18.5 Å². The molecule has 0 amide bonds. The Labute approximate surface area is 110 Å². The molecule has 0 aromatic rings. The summed E-state index contributed by atoms with van der Waals surface area (Å²) in [6.07, 6.45) is 8.08. The maximum Gasteiger partial charge on any atom is 0.00954 e. The van der Waals surface area contributed by atoms with E-state index in [0.29, 0.717) is 5.41 Å². The zero-order valence-corrected chi connectivity index (χ0v) is 13.1. The van der Waals surface area contributed by atoms with E-state index in [4.69, 9.17) is 0 Å². The molecule has 0 aliphatic rings. The second kappa shape index (κ2) is 8.97. The van der Waals surface area contributed by atoms with Crippen molar-refractivity contribution in [2.45, 2.75) is 86.1 Å². The van der Waals surface area contributed by atoms with Gasteiger partial charge in [0.15, 0.2) is 0 Å². The standard InChI is InChI=1S/C16H35N/c1-7-10-14(11-8-2)15(17-9-3)12-13-16(4,5)6/h14-15,17H,7-13H2,1-6H3. The van der Waals surface area contributed by atoms with Gasteiger partial charge in [0.2, 0.25) is 0 Å². The summed E-state index contributed by atoms with van der Waals surface area (Å²) in [6, 6.07) is 0.735. The number of nitrogens with one attached hydrogen (secondary N) is 1. The Bertz CT molecular complexity index is 163. The number of hydrogen-bond acceptors (Lipinski definition) is 1. The number of hydrogen-bond donors (Lipinski definition) is 1. The Hall–Kier alpha value is -0.0400. The second-order valence-corrected chi connectivity index (χ2v) is 6.60. The summed E-state index contributed by atoms with van der Waals surface area (Å²) in [5, 5.41) is 3.72. The topological polar surface area (TPSA) is 12.0 Å². The molecule has 1 N–H and O–H groups in total. The van der Waals surface area contributed by atoms with Crippen molar-refractivity contribution in [3.63, 3.8) is 0 Å². The highest BCUT2D eigenvalue weighted by molar-refractivity contribution is 4.78. The van der Waals surface area contributed by atoms with Crippen molar-refractivity contribution < 1.29 is 0 Å². The average molecular weight is 241 g/mol. The molecule has 0 spiro atoms. The molecule has 1 heteroatoms. The van der Waals surface area contributed by atoms with Gasteiger partial charge in [0.1, 0.15) is 0 Å². The van der Waals surface area contributed by atoms with E-state index in [1.165, 1.54) is 38.5 Å². The predicted octanol–water partition coefficient (Wildman–Crippen LogP) is 5.01. The third-order valence-corrected chi connectivity index (χ3v) is 3.56. The van der Waals surface area contributed by atoms with Crippen LogP contribution in [0.15, 0.2) is 0 Å². The lowest BCUT2D eigenvalue weighted by atomic mass is 9.82.